The zero-order valence-corrected chi connectivity index (χ0v) is 12.1. The molecule has 1 atom stereocenters. The van der Waals surface area contributed by atoms with E-state index in [1.54, 1.807) is 18.2 Å². The van der Waals surface area contributed by atoms with Gasteiger partial charge >= 0.3 is 11.4 Å². The number of amides is 1. The summed E-state index contributed by atoms with van der Waals surface area (Å²) in [6.07, 6.45) is -1.15. The summed E-state index contributed by atoms with van der Waals surface area (Å²) in [6.45, 7) is 0. The predicted molar refractivity (Wildman–Crippen MR) is 76.5 cm³/mol. The molecular formula is C12H17N2O4S+. The second-order valence-corrected chi connectivity index (χ2v) is 5.41. The van der Waals surface area contributed by atoms with Crippen molar-refractivity contribution in [3.05, 3.63) is 24.3 Å². The van der Waals surface area contributed by atoms with Gasteiger partial charge in [-0.3, -0.25) is 0 Å². The van der Waals surface area contributed by atoms with Crippen molar-refractivity contribution in [1.29, 1.82) is 0 Å². The molecule has 0 saturated heterocycles. The van der Waals surface area contributed by atoms with Gasteiger partial charge in [0, 0.05) is 31.9 Å². The highest BCUT2D eigenvalue weighted by molar-refractivity contribution is 8.13. The number of hydrogen-bond acceptors (Lipinski definition) is 5. The maximum atomic E-state index is 11.5. The third-order valence-corrected chi connectivity index (χ3v) is 3.68. The standard InChI is InChI=1S/C12H16N2O4S/c1-13(2)9-6-5-7-10(8-9)14(3,11(15)16)19-12(17)18-4/h5-8H,1-4H3/p+1. The van der Waals surface area contributed by atoms with Crippen LogP contribution >= 0.6 is 11.9 Å². The summed E-state index contributed by atoms with van der Waals surface area (Å²) < 4.78 is 3.90. The van der Waals surface area contributed by atoms with Crippen molar-refractivity contribution in [3.8, 4) is 0 Å². The van der Waals surface area contributed by atoms with Crippen LogP contribution in [0.5, 0.6) is 0 Å². The molecule has 1 aromatic carbocycles. The minimum absolute atomic E-state index is 0.481. The number of quaternary nitrogens is 1. The molecule has 19 heavy (non-hydrogen) atoms. The molecule has 6 nitrogen and oxygen atoms in total. The van der Waals surface area contributed by atoms with Gasteiger partial charge in [-0.05, 0) is 6.07 Å². The Hall–Kier alpha value is -1.73. The lowest BCUT2D eigenvalue weighted by atomic mass is 10.2. The maximum Gasteiger partial charge on any atom is 0.531 e. The van der Waals surface area contributed by atoms with Gasteiger partial charge in [-0.1, -0.05) is 6.07 Å². The number of anilines is 1. The van der Waals surface area contributed by atoms with Crippen LogP contribution in [0.1, 0.15) is 0 Å². The van der Waals surface area contributed by atoms with Crippen molar-refractivity contribution in [1.82, 2.24) is 3.89 Å². The second kappa shape index (κ2) is 5.94. The zero-order valence-electron chi connectivity index (χ0n) is 11.3. The minimum Gasteiger partial charge on any atom is -0.457 e. The number of rotatable bonds is 2. The van der Waals surface area contributed by atoms with Crippen LogP contribution in [0.2, 0.25) is 0 Å². The summed E-state index contributed by atoms with van der Waals surface area (Å²) in [5.41, 5.74) is 1.34. The van der Waals surface area contributed by atoms with Crippen LogP contribution in [0.4, 0.5) is 21.0 Å². The first-order chi connectivity index (χ1) is 8.81. The van der Waals surface area contributed by atoms with Gasteiger partial charge in [-0.15, -0.1) is 3.89 Å². The summed E-state index contributed by atoms with van der Waals surface area (Å²) in [6, 6.07) is 7.00. The number of carboxylic acid groups (broad SMARTS) is 1. The molecule has 1 amide bonds. The van der Waals surface area contributed by atoms with E-state index in [0.717, 1.165) is 5.69 Å². The molecule has 0 aliphatic carbocycles. The van der Waals surface area contributed by atoms with Crippen molar-refractivity contribution in [2.45, 2.75) is 0 Å². The normalized spacial score (nSPS) is 13.5. The van der Waals surface area contributed by atoms with E-state index >= 15 is 0 Å². The van der Waals surface area contributed by atoms with E-state index in [1.165, 1.54) is 14.2 Å². The molecular weight excluding hydrogens is 268 g/mol. The fourth-order valence-electron chi connectivity index (χ4n) is 1.43. The number of nitrogens with zero attached hydrogens (tertiary/aromatic N) is 2. The largest absolute Gasteiger partial charge is 0.531 e. The average Bonchev–Trinajstić information content (AvgIpc) is 2.38. The van der Waals surface area contributed by atoms with Crippen molar-refractivity contribution in [2.75, 3.05) is 33.2 Å². The number of benzene rings is 1. The molecule has 0 spiro atoms. The third-order valence-electron chi connectivity index (χ3n) is 2.63. The number of carbonyl (C=O) groups is 2. The Morgan fingerprint density at radius 3 is 2.47 bits per heavy atom. The lowest BCUT2D eigenvalue weighted by Crippen LogP contribution is -2.44. The Labute approximate surface area is 116 Å². The van der Waals surface area contributed by atoms with E-state index in [4.69, 9.17) is 0 Å². The van der Waals surface area contributed by atoms with Crippen LogP contribution in [-0.2, 0) is 4.74 Å². The van der Waals surface area contributed by atoms with E-state index in [9.17, 15) is 14.7 Å². The lowest BCUT2D eigenvalue weighted by molar-refractivity contribution is 0.178. The molecule has 0 aliphatic heterocycles. The van der Waals surface area contributed by atoms with Gasteiger partial charge in [0.15, 0.2) is 5.69 Å². The lowest BCUT2D eigenvalue weighted by Gasteiger charge is -2.24. The van der Waals surface area contributed by atoms with Gasteiger partial charge in [0.05, 0.1) is 14.2 Å². The Bertz CT molecular complexity index is 492. The van der Waals surface area contributed by atoms with Crippen molar-refractivity contribution in [3.63, 3.8) is 0 Å². The van der Waals surface area contributed by atoms with Gasteiger partial charge in [-0.2, -0.15) is 4.79 Å². The predicted octanol–water partition coefficient (Wildman–Crippen LogP) is 2.78. The van der Waals surface area contributed by atoms with Crippen molar-refractivity contribution in [2.24, 2.45) is 0 Å². The first kappa shape index (κ1) is 15.3. The fraction of sp³-hybridized carbons (Fsp3) is 0.333. The zero-order chi connectivity index (χ0) is 14.6. The topological polar surface area (TPSA) is 66.8 Å². The number of hydrogen-bond donors (Lipinski definition) is 1. The number of methoxy groups -OCH3 is 1. The molecule has 7 heteroatoms. The maximum absolute atomic E-state index is 11.5. The fourth-order valence-corrected chi connectivity index (χ4v) is 2.09. The van der Waals surface area contributed by atoms with Crippen LogP contribution in [-0.4, -0.2) is 44.8 Å². The summed E-state index contributed by atoms with van der Waals surface area (Å²) >= 11 is 0.587. The van der Waals surface area contributed by atoms with Gasteiger partial charge < -0.3 is 14.7 Å². The summed E-state index contributed by atoms with van der Waals surface area (Å²) in [5.74, 6) is 0. The van der Waals surface area contributed by atoms with E-state index in [2.05, 4.69) is 4.74 Å². The molecule has 1 unspecified atom stereocenters. The van der Waals surface area contributed by atoms with E-state index in [1.807, 2.05) is 25.1 Å². The molecule has 0 aromatic heterocycles. The summed E-state index contributed by atoms with van der Waals surface area (Å²) in [7, 11) is 6.37. The monoisotopic (exact) mass is 285 g/mol. The molecule has 1 aromatic rings. The van der Waals surface area contributed by atoms with Gasteiger partial charge in [0.2, 0.25) is 11.9 Å². The van der Waals surface area contributed by atoms with Crippen molar-refractivity contribution >= 4 is 34.7 Å². The highest BCUT2D eigenvalue weighted by atomic mass is 32.2. The molecule has 0 aliphatic rings. The highest BCUT2D eigenvalue weighted by Gasteiger charge is 2.41. The van der Waals surface area contributed by atoms with Crippen LogP contribution in [0.3, 0.4) is 0 Å². The molecule has 104 valence electrons. The van der Waals surface area contributed by atoms with E-state index < -0.39 is 15.3 Å². The molecule has 0 fully saturated rings. The van der Waals surface area contributed by atoms with Crippen LogP contribution in [0.15, 0.2) is 24.3 Å². The number of ether oxygens (including phenoxy) is 1. The van der Waals surface area contributed by atoms with Gasteiger partial charge in [0.25, 0.3) is 0 Å². The van der Waals surface area contributed by atoms with Gasteiger partial charge in [0.1, 0.15) is 0 Å². The van der Waals surface area contributed by atoms with E-state index in [0.29, 0.717) is 17.6 Å². The average molecular weight is 285 g/mol. The molecule has 1 rings (SSSR count). The Morgan fingerprint density at radius 2 is 2.00 bits per heavy atom. The number of carbonyl (C=O) groups excluding carboxylic acids is 1. The van der Waals surface area contributed by atoms with Crippen LogP contribution in [0, 0.1) is 0 Å². The minimum atomic E-state index is -1.15. The Balaban J connectivity index is 3.22. The molecule has 1 N–H and O–H groups in total. The SMILES string of the molecule is COC(=O)S[N+](C)(C(=O)O)c1cccc(N(C)C)c1. The second-order valence-electron chi connectivity index (χ2n) is 4.17. The summed E-state index contributed by atoms with van der Waals surface area (Å²) in [5, 5.41) is 8.74. The van der Waals surface area contributed by atoms with Crippen LogP contribution in [0.25, 0.3) is 0 Å². The highest BCUT2D eigenvalue weighted by Crippen LogP contribution is 2.33. The van der Waals surface area contributed by atoms with E-state index in [-0.39, 0.29) is 0 Å². The van der Waals surface area contributed by atoms with Crippen molar-refractivity contribution < 1.29 is 19.4 Å². The molecule has 0 heterocycles. The first-order valence-corrected chi connectivity index (χ1v) is 6.24. The smallest absolute Gasteiger partial charge is 0.457 e. The quantitative estimate of drug-likeness (QED) is 0.512. The first-order valence-electron chi connectivity index (χ1n) is 5.46. The summed E-state index contributed by atoms with van der Waals surface area (Å²) in [4.78, 5) is 24.7. The molecule has 0 bridgehead atoms. The Morgan fingerprint density at radius 1 is 1.37 bits per heavy atom. The molecule has 0 radical (unpaired) electrons. The molecule has 0 saturated carbocycles. The third kappa shape index (κ3) is 3.39. The van der Waals surface area contributed by atoms with Crippen LogP contribution < -0.4 is 8.79 Å². The van der Waals surface area contributed by atoms with Gasteiger partial charge in [-0.25, -0.2) is 4.79 Å². The Kier molecular flexibility index (Phi) is 4.79.